The Bertz CT molecular complexity index is 507. The topological polar surface area (TPSA) is 72.5 Å². The van der Waals surface area contributed by atoms with Crippen molar-refractivity contribution in [3.8, 4) is 0 Å². The fraction of sp³-hybridized carbons (Fsp3) is 0.357. The van der Waals surface area contributed by atoms with Crippen LogP contribution in [0.2, 0.25) is 0 Å². The lowest BCUT2D eigenvalue weighted by Gasteiger charge is -2.09. The maximum atomic E-state index is 11.8. The number of hydrogen-bond donors (Lipinski definition) is 1. The summed E-state index contributed by atoms with van der Waals surface area (Å²) in [5, 5.41) is 2.50. The summed E-state index contributed by atoms with van der Waals surface area (Å²) >= 11 is 0. The van der Waals surface area contributed by atoms with Crippen LogP contribution in [0.1, 0.15) is 28.8 Å². The molecule has 1 saturated heterocycles. The molecule has 1 amide bonds. The van der Waals surface area contributed by atoms with Gasteiger partial charge in [0, 0.05) is 12.0 Å². The molecular formula is C14H15NO4. The maximum absolute atomic E-state index is 11.8. The largest absolute Gasteiger partial charge is 0.456 e. The molecule has 0 unspecified atom stereocenters. The zero-order valence-electron chi connectivity index (χ0n) is 10.6. The third-order valence-corrected chi connectivity index (χ3v) is 3.00. The number of carbonyl (C=O) groups is 3. The van der Waals surface area contributed by atoms with E-state index < -0.39 is 12.0 Å². The number of ketones is 1. The van der Waals surface area contributed by atoms with Gasteiger partial charge in [-0.2, -0.15) is 0 Å². The zero-order chi connectivity index (χ0) is 13.8. The van der Waals surface area contributed by atoms with Gasteiger partial charge in [0.05, 0.1) is 0 Å². The number of esters is 1. The van der Waals surface area contributed by atoms with Gasteiger partial charge in [-0.15, -0.1) is 0 Å². The van der Waals surface area contributed by atoms with Gasteiger partial charge in [0.15, 0.2) is 12.4 Å². The van der Waals surface area contributed by atoms with Crippen LogP contribution in [0.3, 0.4) is 0 Å². The Morgan fingerprint density at radius 2 is 2.00 bits per heavy atom. The van der Waals surface area contributed by atoms with Crippen LogP contribution in [0.25, 0.3) is 0 Å². The molecule has 1 aliphatic heterocycles. The second-order valence-electron chi connectivity index (χ2n) is 4.56. The third kappa shape index (κ3) is 3.40. The number of hydrogen-bond acceptors (Lipinski definition) is 4. The maximum Gasteiger partial charge on any atom is 0.329 e. The van der Waals surface area contributed by atoms with E-state index in [1.807, 2.05) is 19.1 Å². The van der Waals surface area contributed by atoms with Crippen LogP contribution >= 0.6 is 0 Å². The van der Waals surface area contributed by atoms with Gasteiger partial charge in [0.25, 0.3) is 0 Å². The normalized spacial score (nSPS) is 17.9. The molecule has 1 aliphatic rings. The van der Waals surface area contributed by atoms with Gasteiger partial charge in [-0.05, 0) is 13.3 Å². The van der Waals surface area contributed by atoms with E-state index in [2.05, 4.69) is 5.32 Å². The number of Topliss-reactive ketones (excluding diaryl/α,β-unsaturated/α-hetero) is 1. The monoisotopic (exact) mass is 261 g/mol. The Labute approximate surface area is 110 Å². The van der Waals surface area contributed by atoms with Gasteiger partial charge in [-0.1, -0.05) is 29.8 Å². The molecule has 0 aromatic heterocycles. The second kappa shape index (κ2) is 5.65. The lowest BCUT2D eigenvalue weighted by atomic mass is 10.1. The number of nitrogens with one attached hydrogen (secondary N) is 1. The van der Waals surface area contributed by atoms with E-state index in [1.165, 1.54) is 0 Å². The number of rotatable bonds is 4. The number of aryl methyl sites for hydroxylation is 1. The SMILES string of the molecule is Cc1ccc(C(=O)COC(=O)[C@H]2CCC(=O)N2)cc1. The third-order valence-electron chi connectivity index (χ3n) is 3.00. The molecule has 1 fully saturated rings. The lowest BCUT2D eigenvalue weighted by molar-refractivity contribution is -0.145. The number of ether oxygens (including phenoxy) is 1. The van der Waals surface area contributed by atoms with Gasteiger partial charge < -0.3 is 10.1 Å². The first-order valence-electron chi connectivity index (χ1n) is 6.12. The molecule has 0 spiro atoms. The highest BCUT2D eigenvalue weighted by Gasteiger charge is 2.28. The van der Waals surface area contributed by atoms with Gasteiger partial charge in [0.2, 0.25) is 5.91 Å². The standard InChI is InChI=1S/C14H15NO4/c1-9-2-4-10(5-3-9)12(16)8-19-14(18)11-6-7-13(17)15-11/h2-5,11H,6-8H2,1H3,(H,15,17)/t11-/m1/s1. The van der Waals surface area contributed by atoms with Gasteiger partial charge >= 0.3 is 5.97 Å². The Morgan fingerprint density at radius 1 is 1.32 bits per heavy atom. The molecule has 100 valence electrons. The van der Waals surface area contributed by atoms with Crippen molar-refractivity contribution in [2.45, 2.75) is 25.8 Å². The molecule has 0 aliphatic carbocycles. The Kier molecular flexibility index (Phi) is 3.94. The number of benzene rings is 1. The molecule has 0 bridgehead atoms. The van der Waals surface area contributed by atoms with Crippen LogP contribution in [-0.2, 0) is 14.3 Å². The van der Waals surface area contributed by atoms with Crippen LogP contribution in [0, 0.1) is 6.92 Å². The summed E-state index contributed by atoms with van der Waals surface area (Å²) in [6, 6.07) is 6.43. The highest BCUT2D eigenvalue weighted by molar-refractivity contribution is 5.98. The first-order valence-corrected chi connectivity index (χ1v) is 6.12. The lowest BCUT2D eigenvalue weighted by Crippen LogP contribution is -2.35. The molecule has 19 heavy (non-hydrogen) atoms. The molecule has 5 heteroatoms. The van der Waals surface area contributed by atoms with Crippen LogP contribution in [0.15, 0.2) is 24.3 Å². The van der Waals surface area contributed by atoms with Crippen molar-refractivity contribution in [1.82, 2.24) is 5.32 Å². The van der Waals surface area contributed by atoms with Crippen molar-refractivity contribution in [3.63, 3.8) is 0 Å². The molecule has 1 aromatic carbocycles. The molecule has 0 saturated carbocycles. The molecule has 1 aromatic rings. The highest BCUT2D eigenvalue weighted by Crippen LogP contribution is 2.09. The van der Waals surface area contributed by atoms with Gasteiger partial charge in [-0.3, -0.25) is 9.59 Å². The van der Waals surface area contributed by atoms with E-state index in [-0.39, 0.29) is 18.3 Å². The predicted octanol–water partition coefficient (Wildman–Crippen LogP) is 1.000. The second-order valence-corrected chi connectivity index (χ2v) is 4.56. The Morgan fingerprint density at radius 3 is 2.58 bits per heavy atom. The Balaban J connectivity index is 1.85. The molecule has 2 rings (SSSR count). The number of carbonyl (C=O) groups excluding carboxylic acids is 3. The van der Waals surface area contributed by atoms with Crippen LogP contribution < -0.4 is 5.32 Å². The van der Waals surface area contributed by atoms with E-state index in [9.17, 15) is 14.4 Å². The van der Waals surface area contributed by atoms with E-state index in [4.69, 9.17) is 4.74 Å². The average molecular weight is 261 g/mol. The minimum Gasteiger partial charge on any atom is -0.456 e. The van der Waals surface area contributed by atoms with E-state index in [0.29, 0.717) is 18.4 Å². The summed E-state index contributed by atoms with van der Waals surface area (Å²) in [6.45, 7) is 1.63. The first-order chi connectivity index (χ1) is 9.06. The summed E-state index contributed by atoms with van der Waals surface area (Å²) in [7, 11) is 0. The summed E-state index contributed by atoms with van der Waals surface area (Å²) in [5.74, 6) is -0.962. The van der Waals surface area contributed by atoms with Crippen molar-refractivity contribution in [2.75, 3.05) is 6.61 Å². The van der Waals surface area contributed by atoms with Crippen LogP contribution in [0.5, 0.6) is 0 Å². The highest BCUT2D eigenvalue weighted by atomic mass is 16.5. The minimum absolute atomic E-state index is 0.160. The quantitative estimate of drug-likeness (QED) is 0.648. The molecule has 1 heterocycles. The van der Waals surface area contributed by atoms with Gasteiger partial charge in [0.1, 0.15) is 6.04 Å². The predicted molar refractivity (Wildman–Crippen MR) is 67.6 cm³/mol. The molecule has 1 atom stereocenters. The fourth-order valence-corrected chi connectivity index (χ4v) is 1.85. The van der Waals surface area contributed by atoms with Crippen molar-refractivity contribution in [1.29, 1.82) is 0 Å². The Hall–Kier alpha value is -2.17. The fourth-order valence-electron chi connectivity index (χ4n) is 1.85. The minimum atomic E-state index is -0.613. The van der Waals surface area contributed by atoms with Crippen molar-refractivity contribution in [3.05, 3.63) is 35.4 Å². The smallest absolute Gasteiger partial charge is 0.329 e. The summed E-state index contributed by atoms with van der Waals surface area (Å²) < 4.78 is 4.92. The van der Waals surface area contributed by atoms with Crippen LogP contribution in [0.4, 0.5) is 0 Å². The molecule has 1 N–H and O–H groups in total. The van der Waals surface area contributed by atoms with Crippen molar-refractivity contribution >= 4 is 17.7 Å². The molecular weight excluding hydrogens is 246 g/mol. The van der Waals surface area contributed by atoms with Crippen molar-refractivity contribution < 1.29 is 19.1 Å². The van der Waals surface area contributed by atoms with E-state index in [0.717, 1.165) is 5.56 Å². The molecule has 5 nitrogen and oxygen atoms in total. The van der Waals surface area contributed by atoms with E-state index in [1.54, 1.807) is 12.1 Å². The number of amides is 1. The summed E-state index contributed by atoms with van der Waals surface area (Å²) in [4.78, 5) is 34.3. The first kappa shape index (κ1) is 13.3. The zero-order valence-corrected chi connectivity index (χ0v) is 10.6. The van der Waals surface area contributed by atoms with Crippen molar-refractivity contribution in [2.24, 2.45) is 0 Å². The van der Waals surface area contributed by atoms with Crippen LogP contribution in [-0.4, -0.2) is 30.3 Å². The van der Waals surface area contributed by atoms with E-state index >= 15 is 0 Å². The van der Waals surface area contributed by atoms with Gasteiger partial charge in [-0.25, -0.2) is 4.79 Å². The summed E-state index contributed by atoms with van der Waals surface area (Å²) in [5.41, 5.74) is 1.57. The molecule has 0 radical (unpaired) electrons. The average Bonchev–Trinajstić information content (AvgIpc) is 2.83. The summed E-state index contributed by atoms with van der Waals surface area (Å²) in [6.07, 6.45) is 0.752.